The number of carbonyl (C=O) groups is 2. The first-order valence-corrected chi connectivity index (χ1v) is 2.22. The Morgan fingerprint density at radius 1 is 1.50 bits per heavy atom. The van der Waals surface area contributed by atoms with Gasteiger partial charge in [0.05, 0.1) is 6.42 Å². The Bertz CT molecular complexity index is 153. The van der Waals surface area contributed by atoms with Crippen molar-refractivity contribution in [3.05, 3.63) is 12.2 Å². The SMILES string of the molecule is C=C1CC(=O)NC1=O. The summed E-state index contributed by atoms with van der Waals surface area (Å²) in [7, 11) is 0. The molecule has 2 amide bonds. The van der Waals surface area contributed by atoms with Crippen molar-refractivity contribution in [2.75, 3.05) is 0 Å². The molecular weight excluding hydrogens is 106 g/mol. The molecule has 0 atom stereocenters. The van der Waals surface area contributed by atoms with E-state index in [-0.39, 0.29) is 18.2 Å². The van der Waals surface area contributed by atoms with Crippen LogP contribution in [0.25, 0.3) is 0 Å². The predicted octanol–water partition coefficient (Wildman–Crippen LogP) is -0.411. The molecule has 0 aliphatic carbocycles. The summed E-state index contributed by atoms with van der Waals surface area (Å²) >= 11 is 0. The molecule has 0 aromatic heterocycles. The van der Waals surface area contributed by atoms with Gasteiger partial charge in [-0.05, 0) is 0 Å². The highest BCUT2D eigenvalue weighted by molar-refractivity contribution is 6.12. The summed E-state index contributed by atoms with van der Waals surface area (Å²) in [5, 5.41) is 2.09. The van der Waals surface area contributed by atoms with Crippen LogP contribution in [0, 0.1) is 0 Å². The van der Waals surface area contributed by atoms with Crippen molar-refractivity contribution >= 4 is 11.8 Å². The normalized spacial score (nSPS) is 19.2. The van der Waals surface area contributed by atoms with E-state index in [4.69, 9.17) is 0 Å². The second-order valence-corrected chi connectivity index (χ2v) is 1.66. The van der Waals surface area contributed by atoms with Gasteiger partial charge in [-0.2, -0.15) is 0 Å². The lowest BCUT2D eigenvalue weighted by Gasteiger charge is -1.80. The van der Waals surface area contributed by atoms with Crippen molar-refractivity contribution in [3.8, 4) is 0 Å². The van der Waals surface area contributed by atoms with E-state index in [9.17, 15) is 9.59 Å². The third kappa shape index (κ3) is 0.621. The number of rotatable bonds is 0. The maximum absolute atomic E-state index is 10.4. The fourth-order valence-electron chi connectivity index (χ4n) is 0.533. The summed E-state index contributed by atoms with van der Waals surface area (Å²) < 4.78 is 0. The Morgan fingerprint density at radius 2 is 2.12 bits per heavy atom. The van der Waals surface area contributed by atoms with Crippen LogP contribution in [-0.4, -0.2) is 11.8 Å². The van der Waals surface area contributed by atoms with Gasteiger partial charge >= 0.3 is 0 Å². The Morgan fingerprint density at radius 3 is 2.25 bits per heavy atom. The molecule has 0 aromatic carbocycles. The van der Waals surface area contributed by atoms with Crippen molar-refractivity contribution in [1.82, 2.24) is 5.32 Å². The van der Waals surface area contributed by atoms with Gasteiger partial charge in [0.15, 0.2) is 0 Å². The number of amides is 2. The zero-order valence-electron chi connectivity index (χ0n) is 4.23. The topological polar surface area (TPSA) is 46.2 Å². The number of hydrogen-bond donors (Lipinski definition) is 1. The summed E-state index contributed by atoms with van der Waals surface area (Å²) in [6.07, 6.45) is 0.166. The zero-order chi connectivity index (χ0) is 6.15. The molecule has 3 nitrogen and oxygen atoms in total. The van der Waals surface area contributed by atoms with Crippen LogP contribution in [0.2, 0.25) is 0 Å². The molecule has 0 bridgehead atoms. The van der Waals surface area contributed by atoms with Crippen LogP contribution in [0.4, 0.5) is 0 Å². The van der Waals surface area contributed by atoms with Gasteiger partial charge in [0.2, 0.25) is 5.91 Å². The van der Waals surface area contributed by atoms with Crippen LogP contribution in [0.3, 0.4) is 0 Å². The summed E-state index contributed by atoms with van der Waals surface area (Å²) in [5.41, 5.74) is 0.356. The van der Waals surface area contributed by atoms with Crippen LogP contribution in [-0.2, 0) is 9.59 Å². The highest BCUT2D eigenvalue weighted by Crippen LogP contribution is 2.03. The van der Waals surface area contributed by atoms with E-state index in [0.29, 0.717) is 5.57 Å². The molecule has 0 spiro atoms. The lowest BCUT2D eigenvalue weighted by atomic mass is 10.3. The Kier molecular flexibility index (Phi) is 0.901. The smallest absolute Gasteiger partial charge is 0.253 e. The molecule has 1 aliphatic heterocycles. The van der Waals surface area contributed by atoms with E-state index >= 15 is 0 Å². The molecule has 1 N–H and O–H groups in total. The van der Waals surface area contributed by atoms with Gasteiger partial charge in [0.1, 0.15) is 0 Å². The van der Waals surface area contributed by atoms with Crippen molar-refractivity contribution in [1.29, 1.82) is 0 Å². The van der Waals surface area contributed by atoms with Gasteiger partial charge in [-0.15, -0.1) is 0 Å². The average molecular weight is 111 g/mol. The van der Waals surface area contributed by atoms with E-state index in [1.807, 2.05) is 0 Å². The van der Waals surface area contributed by atoms with Crippen LogP contribution >= 0.6 is 0 Å². The second-order valence-electron chi connectivity index (χ2n) is 1.66. The third-order valence-electron chi connectivity index (χ3n) is 0.948. The predicted molar refractivity (Wildman–Crippen MR) is 26.9 cm³/mol. The van der Waals surface area contributed by atoms with Crippen LogP contribution < -0.4 is 5.32 Å². The summed E-state index contributed by atoms with van der Waals surface area (Å²) in [4.78, 5) is 20.6. The molecule has 1 rings (SSSR count). The number of carbonyl (C=O) groups excluding carboxylic acids is 2. The van der Waals surface area contributed by atoms with Crippen LogP contribution in [0.15, 0.2) is 12.2 Å². The quantitative estimate of drug-likeness (QED) is 0.341. The molecule has 42 valence electrons. The van der Waals surface area contributed by atoms with E-state index in [1.54, 1.807) is 0 Å². The second kappa shape index (κ2) is 1.43. The summed E-state index contributed by atoms with van der Waals surface area (Å²) in [6, 6.07) is 0. The molecule has 3 heteroatoms. The minimum atomic E-state index is -0.338. The largest absolute Gasteiger partial charge is 0.292 e. The lowest BCUT2D eigenvalue weighted by Crippen LogP contribution is -2.19. The average Bonchev–Trinajstić information content (AvgIpc) is 1.85. The van der Waals surface area contributed by atoms with Gasteiger partial charge in [0, 0.05) is 5.57 Å². The number of nitrogens with one attached hydrogen (secondary N) is 1. The summed E-state index contributed by atoms with van der Waals surface area (Å²) in [6.45, 7) is 3.35. The maximum Gasteiger partial charge on any atom is 0.253 e. The molecule has 0 radical (unpaired) electrons. The third-order valence-corrected chi connectivity index (χ3v) is 0.948. The Hall–Kier alpha value is -1.12. The molecule has 1 aliphatic rings. The standard InChI is InChI=1S/C5H5NO2/c1-3-2-4(7)6-5(3)8/h1-2H2,(H,6,7,8). The highest BCUT2D eigenvalue weighted by Gasteiger charge is 2.20. The maximum atomic E-state index is 10.4. The molecule has 1 saturated heterocycles. The van der Waals surface area contributed by atoms with Gasteiger partial charge in [0.25, 0.3) is 5.91 Å². The van der Waals surface area contributed by atoms with Crippen molar-refractivity contribution in [2.24, 2.45) is 0 Å². The number of hydrogen-bond acceptors (Lipinski definition) is 2. The van der Waals surface area contributed by atoms with E-state index < -0.39 is 0 Å². The molecule has 1 heterocycles. The van der Waals surface area contributed by atoms with Gasteiger partial charge < -0.3 is 0 Å². The first kappa shape index (κ1) is 5.03. The Labute approximate surface area is 46.4 Å². The van der Waals surface area contributed by atoms with Crippen LogP contribution in [0.1, 0.15) is 6.42 Å². The summed E-state index contributed by atoms with van der Waals surface area (Å²) in [5.74, 6) is -0.588. The van der Waals surface area contributed by atoms with Crippen LogP contribution in [0.5, 0.6) is 0 Å². The van der Waals surface area contributed by atoms with E-state index in [1.165, 1.54) is 0 Å². The van der Waals surface area contributed by atoms with E-state index in [0.717, 1.165) is 0 Å². The minimum Gasteiger partial charge on any atom is -0.292 e. The van der Waals surface area contributed by atoms with Crippen molar-refractivity contribution in [2.45, 2.75) is 6.42 Å². The monoisotopic (exact) mass is 111 g/mol. The molecule has 0 unspecified atom stereocenters. The molecule has 0 saturated carbocycles. The lowest BCUT2D eigenvalue weighted by molar-refractivity contribution is -0.124. The van der Waals surface area contributed by atoms with Gasteiger partial charge in [-0.25, -0.2) is 0 Å². The highest BCUT2D eigenvalue weighted by atomic mass is 16.2. The minimum absolute atomic E-state index is 0.166. The molecule has 0 aromatic rings. The van der Waals surface area contributed by atoms with Gasteiger partial charge in [-0.3, -0.25) is 14.9 Å². The molecule has 1 fully saturated rings. The fourth-order valence-corrected chi connectivity index (χ4v) is 0.533. The molecule has 8 heavy (non-hydrogen) atoms. The Balaban J connectivity index is 2.79. The van der Waals surface area contributed by atoms with Crippen molar-refractivity contribution in [3.63, 3.8) is 0 Å². The molecular formula is C5H5NO2. The number of imide groups is 1. The zero-order valence-corrected chi connectivity index (χ0v) is 4.23. The fraction of sp³-hybridized carbons (Fsp3) is 0.200. The van der Waals surface area contributed by atoms with E-state index in [2.05, 4.69) is 11.9 Å². The van der Waals surface area contributed by atoms with Crippen molar-refractivity contribution < 1.29 is 9.59 Å². The first-order valence-electron chi connectivity index (χ1n) is 2.22. The first-order chi connectivity index (χ1) is 3.70. The van der Waals surface area contributed by atoms with Gasteiger partial charge in [-0.1, -0.05) is 6.58 Å².